The molecule has 0 saturated carbocycles. The molecule has 1 N–H and O–H groups in total. The first-order valence-corrected chi connectivity index (χ1v) is 13.3. The van der Waals surface area contributed by atoms with E-state index >= 15 is 0 Å². The normalized spacial score (nSPS) is 13.3. The fraction of sp³-hybridized carbons (Fsp3) is 0.364. The summed E-state index contributed by atoms with van der Waals surface area (Å²) in [5, 5.41) is 11.3. The number of benzene rings is 2. The minimum atomic E-state index is -3.62. The molecular formula is C22H26ClNO3S3. The SMILES string of the molecule is CCCN(C[C@H](C)Sc1ccc(O)c(C)c1)S(=O)(=O)c1sc2ccc(Cl)cc2c1C. The van der Waals surface area contributed by atoms with Crippen LogP contribution in [0, 0.1) is 13.8 Å². The Hall–Kier alpha value is -1.25. The number of nitrogens with zero attached hydrogens (tertiary/aromatic N) is 1. The van der Waals surface area contributed by atoms with E-state index in [-0.39, 0.29) is 11.0 Å². The van der Waals surface area contributed by atoms with Gasteiger partial charge in [0.15, 0.2) is 0 Å². The van der Waals surface area contributed by atoms with Gasteiger partial charge in [0.1, 0.15) is 9.96 Å². The molecule has 0 amide bonds. The third kappa shape index (κ3) is 4.97. The van der Waals surface area contributed by atoms with Gasteiger partial charge in [0.05, 0.1) is 0 Å². The largest absolute Gasteiger partial charge is 0.508 e. The summed E-state index contributed by atoms with van der Waals surface area (Å²) in [4.78, 5) is 1.01. The van der Waals surface area contributed by atoms with Gasteiger partial charge in [-0.3, -0.25) is 0 Å². The molecule has 3 aromatic rings. The van der Waals surface area contributed by atoms with E-state index < -0.39 is 10.0 Å². The van der Waals surface area contributed by atoms with Crippen LogP contribution in [0.5, 0.6) is 5.75 Å². The summed E-state index contributed by atoms with van der Waals surface area (Å²) in [5.41, 5.74) is 1.57. The van der Waals surface area contributed by atoms with E-state index in [0.717, 1.165) is 32.5 Å². The van der Waals surface area contributed by atoms with Crippen molar-refractivity contribution in [1.82, 2.24) is 4.31 Å². The molecule has 0 fully saturated rings. The van der Waals surface area contributed by atoms with Crippen LogP contribution in [-0.2, 0) is 10.0 Å². The molecule has 1 aromatic heterocycles. The zero-order chi connectivity index (χ0) is 22.1. The molecule has 0 saturated heterocycles. The molecule has 8 heteroatoms. The number of aromatic hydroxyl groups is 1. The quantitative estimate of drug-likeness (QED) is 0.373. The van der Waals surface area contributed by atoms with Crippen molar-refractivity contribution in [1.29, 1.82) is 0 Å². The summed E-state index contributed by atoms with van der Waals surface area (Å²) in [6, 6.07) is 11.0. The summed E-state index contributed by atoms with van der Waals surface area (Å²) in [6.45, 7) is 8.60. The van der Waals surface area contributed by atoms with Gasteiger partial charge in [-0.25, -0.2) is 8.42 Å². The minimum Gasteiger partial charge on any atom is -0.508 e. The van der Waals surface area contributed by atoms with Crippen molar-refractivity contribution in [2.45, 2.75) is 48.5 Å². The highest BCUT2D eigenvalue weighted by molar-refractivity contribution is 8.00. The van der Waals surface area contributed by atoms with Crippen LogP contribution in [0.25, 0.3) is 10.1 Å². The lowest BCUT2D eigenvalue weighted by Crippen LogP contribution is -2.36. The van der Waals surface area contributed by atoms with E-state index in [0.29, 0.717) is 22.3 Å². The van der Waals surface area contributed by atoms with Crippen LogP contribution >= 0.6 is 34.7 Å². The van der Waals surface area contributed by atoms with Crippen molar-refractivity contribution in [3.8, 4) is 5.75 Å². The number of hydrogen-bond acceptors (Lipinski definition) is 5. The average Bonchev–Trinajstić information content (AvgIpc) is 3.01. The lowest BCUT2D eigenvalue weighted by molar-refractivity contribution is 0.414. The highest BCUT2D eigenvalue weighted by Crippen LogP contribution is 2.37. The predicted molar refractivity (Wildman–Crippen MR) is 129 cm³/mol. The maximum absolute atomic E-state index is 13.5. The number of phenols is 1. The van der Waals surface area contributed by atoms with Gasteiger partial charge in [0.25, 0.3) is 10.0 Å². The Bertz CT molecular complexity index is 1160. The molecule has 2 aromatic carbocycles. The topological polar surface area (TPSA) is 57.6 Å². The van der Waals surface area contributed by atoms with Gasteiger partial charge in [0, 0.05) is 33.0 Å². The molecule has 1 atom stereocenters. The summed E-state index contributed by atoms with van der Waals surface area (Å²) in [7, 11) is -3.62. The van der Waals surface area contributed by atoms with Crippen LogP contribution < -0.4 is 0 Å². The van der Waals surface area contributed by atoms with E-state index in [2.05, 4.69) is 0 Å². The van der Waals surface area contributed by atoms with Gasteiger partial charge >= 0.3 is 0 Å². The summed E-state index contributed by atoms with van der Waals surface area (Å²) in [6.07, 6.45) is 0.741. The Morgan fingerprint density at radius 2 is 1.93 bits per heavy atom. The number of halogens is 1. The summed E-state index contributed by atoms with van der Waals surface area (Å²) in [5.74, 6) is 0.266. The number of thioether (sulfide) groups is 1. The first kappa shape index (κ1) is 23.4. The maximum Gasteiger partial charge on any atom is 0.252 e. The van der Waals surface area contributed by atoms with E-state index in [9.17, 15) is 13.5 Å². The summed E-state index contributed by atoms with van der Waals surface area (Å²) >= 11 is 9.04. The standard InChI is InChI=1S/C22H26ClNO3S3/c1-5-10-24(13-15(3)28-18-7-8-20(25)14(2)11-18)30(26,27)22-16(4)19-12-17(23)6-9-21(19)29-22/h6-9,11-12,15,25H,5,10,13H2,1-4H3/t15-/m0/s1. The van der Waals surface area contributed by atoms with Crippen molar-refractivity contribution in [3.63, 3.8) is 0 Å². The minimum absolute atomic E-state index is 0.0550. The molecule has 0 spiro atoms. The number of aryl methyl sites for hydroxylation is 2. The van der Waals surface area contributed by atoms with Gasteiger partial charge in [0.2, 0.25) is 0 Å². The van der Waals surface area contributed by atoms with Gasteiger partial charge < -0.3 is 5.11 Å². The Morgan fingerprint density at radius 3 is 2.60 bits per heavy atom. The van der Waals surface area contributed by atoms with Crippen LogP contribution in [-0.4, -0.2) is 36.2 Å². The van der Waals surface area contributed by atoms with Gasteiger partial charge in [-0.15, -0.1) is 23.1 Å². The molecular weight excluding hydrogens is 458 g/mol. The smallest absolute Gasteiger partial charge is 0.252 e. The van der Waals surface area contributed by atoms with E-state index in [1.807, 2.05) is 52.0 Å². The van der Waals surface area contributed by atoms with Crippen LogP contribution in [0.2, 0.25) is 5.02 Å². The van der Waals surface area contributed by atoms with Crippen molar-refractivity contribution in [3.05, 3.63) is 52.5 Å². The molecule has 30 heavy (non-hydrogen) atoms. The van der Waals surface area contributed by atoms with Crippen molar-refractivity contribution >= 4 is 54.8 Å². The monoisotopic (exact) mass is 483 g/mol. The molecule has 0 radical (unpaired) electrons. The fourth-order valence-electron chi connectivity index (χ4n) is 3.35. The highest BCUT2D eigenvalue weighted by Gasteiger charge is 2.30. The Balaban J connectivity index is 1.87. The third-order valence-corrected chi connectivity index (χ3v) is 9.92. The molecule has 0 unspecified atom stereocenters. The molecule has 162 valence electrons. The van der Waals surface area contributed by atoms with Gasteiger partial charge in [-0.2, -0.15) is 4.31 Å². The van der Waals surface area contributed by atoms with Crippen LogP contribution in [0.1, 0.15) is 31.4 Å². The maximum atomic E-state index is 13.5. The number of hydrogen-bond donors (Lipinski definition) is 1. The molecule has 4 nitrogen and oxygen atoms in total. The molecule has 0 bridgehead atoms. The fourth-order valence-corrected chi connectivity index (χ4v) is 8.23. The first-order valence-electron chi connectivity index (χ1n) is 9.78. The zero-order valence-electron chi connectivity index (χ0n) is 17.5. The molecule has 3 rings (SSSR count). The molecule has 0 aliphatic rings. The number of rotatable bonds is 8. The lowest BCUT2D eigenvalue weighted by Gasteiger charge is -2.24. The Labute approximate surface area is 191 Å². The lowest BCUT2D eigenvalue weighted by atomic mass is 10.2. The van der Waals surface area contributed by atoms with Crippen molar-refractivity contribution in [2.24, 2.45) is 0 Å². The second-order valence-corrected chi connectivity index (χ2v) is 12.5. The van der Waals surface area contributed by atoms with Gasteiger partial charge in [-0.1, -0.05) is 25.4 Å². The first-order chi connectivity index (χ1) is 14.1. The van der Waals surface area contributed by atoms with Crippen LogP contribution in [0.3, 0.4) is 0 Å². The van der Waals surface area contributed by atoms with Crippen LogP contribution in [0.4, 0.5) is 0 Å². The van der Waals surface area contributed by atoms with E-state index in [4.69, 9.17) is 11.6 Å². The number of sulfonamides is 1. The van der Waals surface area contributed by atoms with Gasteiger partial charge in [-0.05, 0) is 73.2 Å². The summed E-state index contributed by atoms with van der Waals surface area (Å²) < 4.78 is 30.0. The number of thiophene rings is 1. The van der Waals surface area contributed by atoms with Crippen molar-refractivity contribution in [2.75, 3.05) is 13.1 Å². The number of phenolic OH excluding ortho intramolecular Hbond substituents is 1. The Morgan fingerprint density at radius 1 is 1.20 bits per heavy atom. The second-order valence-electron chi connectivity index (χ2n) is 7.39. The van der Waals surface area contributed by atoms with Crippen molar-refractivity contribution < 1.29 is 13.5 Å². The highest BCUT2D eigenvalue weighted by atomic mass is 35.5. The molecule has 0 aliphatic carbocycles. The molecule has 1 heterocycles. The van der Waals surface area contributed by atoms with E-state index in [1.54, 1.807) is 28.2 Å². The average molecular weight is 484 g/mol. The molecule has 0 aliphatic heterocycles. The number of fused-ring (bicyclic) bond motifs is 1. The van der Waals surface area contributed by atoms with E-state index in [1.165, 1.54) is 11.3 Å². The predicted octanol–water partition coefficient (Wildman–Crippen LogP) is 6.46. The van der Waals surface area contributed by atoms with Crippen LogP contribution in [0.15, 0.2) is 45.5 Å². The third-order valence-electron chi connectivity index (χ3n) is 4.87. The Kier molecular flexibility index (Phi) is 7.40. The second kappa shape index (κ2) is 9.49. The zero-order valence-corrected chi connectivity index (χ0v) is 20.7.